The van der Waals surface area contributed by atoms with Gasteiger partial charge in [-0.15, -0.1) is 11.3 Å². The van der Waals surface area contributed by atoms with Crippen LogP contribution < -0.4 is 10.1 Å². The number of nitrogens with zero attached hydrogens (tertiary/aromatic N) is 2. The predicted molar refractivity (Wildman–Crippen MR) is 75.5 cm³/mol. The molecule has 0 fully saturated rings. The van der Waals surface area contributed by atoms with E-state index in [1.54, 1.807) is 29.7 Å². The maximum Gasteiger partial charge on any atom is 0.213 e. The summed E-state index contributed by atoms with van der Waals surface area (Å²) in [6.07, 6.45) is 1.55. The number of halogens is 1. The zero-order chi connectivity index (χ0) is 13.5. The van der Waals surface area contributed by atoms with Crippen molar-refractivity contribution in [1.82, 2.24) is 10.3 Å². The lowest BCUT2D eigenvalue weighted by atomic mass is 10.3. The van der Waals surface area contributed by atoms with E-state index in [0.29, 0.717) is 29.6 Å². The SMILES string of the molecule is N#Cc1csc(CNCCOc2ccc(Cl)cn2)c1. The van der Waals surface area contributed by atoms with E-state index in [4.69, 9.17) is 21.6 Å². The molecule has 0 aliphatic heterocycles. The highest BCUT2D eigenvalue weighted by molar-refractivity contribution is 7.10. The van der Waals surface area contributed by atoms with Gasteiger partial charge in [0.1, 0.15) is 12.7 Å². The van der Waals surface area contributed by atoms with E-state index in [2.05, 4.69) is 16.4 Å². The molecule has 2 heterocycles. The quantitative estimate of drug-likeness (QED) is 0.832. The normalized spacial score (nSPS) is 10.1. The maximum atomic E-state index is 8.71. The molecular weight excluding hydrogens is 282 g/mol. The number of ether oxygens (including phenoxy) is 1. The fourth-order valence-corrected chi connectivity index (χ4v) is 2.31. The number of rotatable bonds is 6. The minimum Gasteiger partial charge on any atom is -0.476 e. The molecule has 19 heavy (non-hydrogen) atoms. The number of hydrogen-bond donors (Lipinski definition) is 1. The van der Waals surface area contributed by atoms with Gasteiger partial charge in [-0.25, -0.2) is 4.98 Å². The Bertz CT molecular complexity index is 562. The Morgan fingerprint density at radius 2 is 2.37 bits per heavy atom. The summed E-state index contributed by atoms with van der Waals surface area (Å²) < 4.78 is 5.44. The molecule has 1 N–H and O–H groups in total. The van der Waals surface area contributed by atoms with E-state index in [1.807, 2.05) is 11.4 Å². The van der Waals surface area contributed by atoms with Crippen molar-refractivity contribution in [3.05, 3.63) is 45.2 Å². The van der Waals surface area contributed by atoms with E-state index in [1.165, 1.54) is 0 Å². The smallest absolute Gasteiger partial charge is 0.213 e. The van der Waals surface area contributed by atoms with Crippen LogP contribution in [0.2, 0.25) is 5.02 Å². The molecule has 98 valence electrons. The third kappa shape index (κ3) is 4.52. The van der Waals surface area contributed by atoms with Crippen LogP contribution in [0.3, 0.4) is 0 Å². The first-order valence-corrected chi connectivity index (χ1v) is 6.96. The zero-order valence-electron chi connectivity index (χ0n) is 10.1. The standard InChI is InChI=1S/C13H12ClN3OS/c14-11-1-2-13(17-7-11)18-4-3-16-8-12-5-10(6-15)9-19-12/h1-2,5,7,9,16H,3-4,8H2. The third-order valence-corrected chi connectivity index (χ3v) is 3.47. The summed E-state index contributed by atoms with van der Waals surface area (Å²) >= 11 is 7.30. The van der Waals surface area contributed by atoms with Crippen LogP contribution in [0.5, 0.6) is 5.88 Å². The fraction of sp³-hybridized carbons (Fsp3) is 0.231. The van der Waals surface area contributed by atoms with Crippen molar-refractivity contribution in [2.45, 2.75) is 6.54 Å². The third-order valence-electron chi connectivity index (χ3n) is 2.31. The van der Waals surface area contributed by atoms with Gasteiger partial charge in [-0.3, -0.25) is 0 Å². The summed E-state index contributed by atoms with van der Waals surface area (Å²) in [7, 11) is 0. The second kappa shape index (κ2) is 7.10. The molecule has 2 aromatic heterocycles. The van der Waals surface area contributed by atoms with E-state index in [-0.39, 0.29) is 0 Å². The number of aromatic nitrogens is 1. The molecule has 2 rings (SSSR count). The van der Waals surface area contributed by atoms with E-state index in [9.17, 15) is 0 Å². The van der Waals surface area contributed by atoms with Crippen molar-refractivity contribution in [3.8, 4) is 11.9 Å². The number of nitriles is 1. The topological polar surface area (TPSA) is 57.9 Å². The van der Waals surface area contributed by atoms with Crippen molar-refractivity contribution >= 4 is 22.9 Å². The van der Waals surface area contributed by atoms with Gasteiger partial charge in [-0.05, 0) is 12.1 Å². The van der Waals surface area contributed by atoms with E-state index in [0.717, 1.165) is 11.4 Å². The van der Waals surface area contributed by atoms with E-state index >= 15 is 0 Å². The minimum atomic E-state index is 0.533. The molecule has 0 atom stereocenters. The second-order valence-corrected chi connectivity index (χ2v) is 5.19. The van der Waals surface area contributed by atoms with Crippen LogP contribution >= 0.6 is 22.9 Å². The monoisotopic (exact) mass is 293 g/mol. The average Bonchev–Trinajstić information content (AvgIpc) is 2.88. The lowest BCUT2D eigenvalue weighted by molar-refractivity contribution is 0.302. The van der Waals surface area contributed by atoms with Gasteiger partial charge < -0.3 is 10.1 Å². The van der Waals surface area contributed by atoms with Crippen LogP contribution in [-0.2, 0) is 6.54 Å². The summed E-state index contributed by atoms with van der Waals surface area (Å²) in [6, 6.07) is 7.48. The summed E-state index contributed by atoms with van der Waals surface area (Å²) in [5, 5.41) is 14.4. The van der Waals surface area contributed by atoms with E-state index < -0.39 is 0 Å². The largest absolute Gasteiger partial charge is 0.476 e. The van der Waals surface area contributed by atoms with Crippen molar-refractivity contribution in [2.24, 2.45) is 0 Å². The second-order valence-electron chi connectivity index (χ2n) is 3.75. The van der Waals surface area contributed by atoms with Crippen LogP contribution in [0.1, 0.15) is 10.4 Å². The number of pyridine rings is 1. The van der Waals surface area contributed by atoms with Gasteiger partial charge in [0.05, 0.1) is 10.6 Å². The van der Waals surface area contributed by atoms with Crippen molar-refractivity contribution in [1.29, 1.82) is 5.26 Å². The summed E-state index contributed by atoms with van der Waals surface area (Å²) in [6.45, 7) is 1.99. The molecule has 0 spiro atoms. The highest BCUT2D eigenvalue weighted by Gasteiger charge is 1.99. The predicted octanol–water partition coefficient (Wildman–Crippen LogP) is 2.84. The maximum absolute atomic E-state index is 8.71. The van der Waals surface area contributed by atoms with Crippen LogP contribution in [0.4, 0.5) is 0 Å². The molecule has 6 heteroatoms. The molecule has 0 aliphatic carbocycles. The Kier molecular flexibility index (Phi) is 5.16. The Morgan fingerprint density at radius 3 is 3.05 bits per heavy atom. The van der Waals surface area contributed by atoms with Gasteiger partial charge in [0.15, 0.2) is 0 Å². The van der Waals surface area contributed by atoms with Crippen LogP contribution in [0, 0.1) is 11.3 Å². The summed E-state index contributed by atoms with van der Waals surface area (Å²) in [5.41, 5.74) is 0.711. The highest BCUT2D eigenvalue weighted by atomic mass is 35.5. The molecule has 0 radical (unpaired) electrons. The number of thiophene rings is 1. The van der Waals surface area contributed by atoms with Crippen LogP contribution in [-0.4, -0.2) is 18.1 Å². The van der Waals surface area contributed by atoms with Gasteiger partial charge >= 0.3 is 0 Å². The molecule has 0 amide bonds. The number of nitrogens with one attached hydrogen (secondary N) is 1. The molecule has 0 aliphatic rings. The van der Waals surface area contributed by atoms with Crippen molar-refractivity contribution < 1.29 is 4.74 Å². The Labute approximate surface area is 120 Å². The molecule has 0 saturated carbocycles. The first kappa shape index (κ1) is 13.8. The fourth-order valence-electron chi connectivity index (χ4n) is 1.42. The number of hydrogen-bond acceptors (Lipinski definition) is 5. The lowest BCUT2D eigenvalue weighted by Gasteiger charge is -2.05. The Balaban J connectivity index is 1.64. The first-order valence-electron chi connectivity index (χ1n) is 5.70. The highest BCUT2D eigenvalue weighted by Crippen LogP contribution is 2.13. The molecule has 0 bridgehead atoms. The Morgan fingerprint density at radius 1 is 1.47 bits per heavy atom. The lowest BCUT2D eigenvalue weighted by Crippen LogP contribution is -2.20. The first-order chi connectivity index (χ1) is 9.28. The molecular formula is C13H12ClN3OS. The van der Waals surface area contributed by atoms with Gasteiger partial charge in [0, 0.05) is 35.6 Å². The Hall–Kier alpha value is -1.61. The molecule has 0 aromatic carbocycles. The molecule has 0 saturated heterocycles. The van der Waals surface area contributed by atoms with Gasteiger partial charge in [0.2, 0.25) is 5.88 Å². The zero-order valence-corrected chi connectivity index (χ0v) is 11.7. The molecule has 4 nitrogen and oxygen atoms in total. The van der Waals surface area contributed by atoms with Crippen LogP contribution in [0.15, 0.2) is 29.8 Å². The average molecular weight is 294 g/mol. The minimum absolute atomic E-state index is 0.533. The molecule has 0 unspecified atom stereocenters. The molecule has 2 aromatic rings. The van der Waals surface area contributed by atoms with Gasteiger partial charge in [-0.2, -0.15) is 5.26 Å². The van der Waals surface area contributed by atoms with Crippen LogP contribution in [0.25, 0.3) is 0 Å². The summed E-state index contributed by atoms with van der Waals surface area (Å²) in [5.74, 6) is 0.564. The van der Waals surface area contributed by atoms with Crippen molar-refractivity contribution in [3.63, 3.8) is 0 Å². The summed E-state index contributed by atoms with van der Waals surface area (Å²) in [4.78, 5) is 5.17. The van der Waals surface area contributed by atoms with Gasteiger partial charge in [-0.1, -0.05) is 11.6 Å². The van der Waals surface area contributed by atoms with Crippen molar-refractivity contribution in [2.75, 3.05) is 13.2 Å². The van der Waals surface area contributed by atoms with Gasteiger partial charge in [0.25, 0.3) is 0 Å².